The molecule has 158 valence electrons. The molecule has 0 unspecified atom stereocenters. The average molecular weight is 412 g/mol. The van der Waals surface area contributed by atoms with Crippen molar-refractivity contribution in [2.75, 3.05) is 21.3 Å². The third-order valence-electron chi connectivity index (χ3n) is 4.88. The molecule has 0 aliphatic carbocycles. The Labute approximate surface area is 174 Å². The van der Waals surface area contributed by atoms with E-state index in [4.69, 9.17) is 23.4 Å². The van der Waals surface area contributed by atoms with E-state index in [1.807, 2.05) is 6.92 Å². The van der Waals surface area contributed by atoms with Crippen LogP contribution >= 0.6 is 0 Å². The second-order valence-corrected chi connectivity index (χ2v) is 6.82. The predicted octanol–water partition coefficient (Wildman–Crippen LogP) is 3.97. The summed E-state index contributed by atoms with van der Waals surface area (Å²) in [5.41, 5.74) is 2.25. The van der Waals surface area contributed by atoms with Crippen molar-refractivity contribution in [3.05, 3.63) is 57.4 Å². The molecule has 0 atom stereocenters. The predicted molar refractivity (Wildman–Crippen MR) is 112 cm³/mol. The van der Waals surface area contributed by atoms with Crippen molar-refractivity contribution in [3.63, 3.8) is 0 Å². The number of methoxy groups -OCH3 is 3. The number of fused-ring (bicyclic) bond motifs is 1. The normalized spacial score (nSPS) is 10.7. The van der Waals surface area contributed by atoms with Gasteiger partial charge in [-0.15, -0.1) is 0 Å². The number of hydrogen-bond donors (Lipinski definition) is 0. The molecule has 7 heteroatoms. The third kappa shape index (κ3) is 4.25. The van der Waals surface area contributed by atoms with Crippen LogP contribution in [0.15, 0.2) is 39.5 Å². The van der Waals surface area contributed by atoms with Gasteiger partial charge in [-0.2, -0.15) is 0 Å². The Kier molecular flexibility index (Phi) is 6.30. The van der Waals surface area contributed by atoms with E-state index in [-0.39, 0.29) is 6.42 Å². The molecule has 1 heterocycles. The molecule has 2 aromatic carbocycles. The second-order valence-electron chi connectivity index (χ2n) is 6.82. The summed E-state index contributed by atoms with van der Waals surface area (Å²) in [6, 6.07) is 8.52. The third-order valence-corrected chi connectivity index (χ3v) is 4.88. The van der Waals surface area contributed by atoms with Gasteiger partial charge in [0.05, 0.1) is 21.3 Å². The molecule has 7 nitrogen and oxygen atoms in total. The van der Waals surface area contributed by atoms with Crippen LogP contribution in [0.4, 0.5) is 0 Å². The summed E-state index contributed by atoms with van der Waals surface area (Å²) >= 11 is 0. The Hall–Kier alpha value is -3.48. The van der Waals surface area contributed by atoms with E-state index >= 15 is 0 Å². The molecule has 30 heavy (non-hydrogen) atoms. The first-order valence-electron chi connectivity index (χ1n) is 9.41. The number of carbonyl (C=O) groups is 1. The number of rotatable bonds is 7. The van der Waals surface area contributed by atoms with Crippen LogP contribution in [0.25, 0.3) is 11.0 Å². The molecule has 3 aromatic rings. The number of benzene rings is 2. The first-order chi connectivity index (χ1) is 14.4. The number of aryl methyl sites for hydroxylation is 3. The lowest BCUT2D eigenvalue weighted by Crippen LogP contribution is -2.10. The Bertz CT molecular complexity index is 1120. The van der Waals surface area contributed by atoms with E-state index in [1.54, 1.807) is 31.2 Å². The van der Waals surface area contributed by atoms with E-state index in [1.165, 1.54) is 27.4 Å². The van der Waals surface area contributed by atoms with Gasteiger partial charge in [0.2, 0.25) is 5.75 Å². The van der Waals surface area contributed by atoms with Crippen LogP contribution in [0.3, 0.4) is 0 Å². The molecule has 0 saturated carbocycles. The fourth-order valence-corrected chi connectivity index (χ4v) is 3.31. The molecule has 1 aromatic heterocycles. The molecule has 0 aliphatic rings. The molecular weight excluding hydrogens is 388 g/mol. The maximum atomic E-state index is 12.4. The highest BCUT2D eigenvalue weighted by Gasteiger charge is 2.16. The maximum Gasteiger partial charge on any atom is 0.336 e. The fraction of sp³-hybridized carbons (Fsp3) is 0.304. The summed E-state index contributed by atoms with van der Waals surface area (Å²) in [6.45, 7) is 3.59. The highest BCUT2D eigenvalue weighted by atomic mass is 16.5. The topological polar surface area (TPSA) is 84.2 Å². The molecule has 0 radical (unpaired) electrons. The molecule has 0 aliphatic heterocycles. The highest BCUT2D eigenvalue weighted by molar-refractivity contribution is 5.86. The first-order valence-corrected chi connectivity index (χ1v) is 9.41. The monoisotopic (exact) mass is 412 g/mol. The zero-order valence-corrected chi connectivity index (χ0v) is 17.7. The van der Waals surface area contributed by atoms with Crippen LogP contribution in [0, 0.1) is 13.8 Å². The van der Waals surface area contributed by atoms with Crippen molar-refractivity contribution in [1.29, 1.82) is 0 Å². The lowest BCUT2D eigenvalue weighted by atomic mass is 10.1. The fourth-order valence-electron chi connectivity index (χ4n) is 3.31. The van der Waals surface area contributed by atoms with Crippen LogP contribution in [-0.4, -0.2) is 27.3 Å². The minimum Gasteiger partial charge on any atom is -0.493 e. The van der Waals surface area contributed by atoms with Crippen LogP contribution in [0.2, 0.25) is 0 Å². The van der Waals surface area contributed by atoms with Crippen LogP contribution < -0.4 is 24.6 Å². The molecule has 0 fully saturated rings. The second kappa shape index (κ2) is 8.90. The average Bonchev–Trinajstić information content (AvgIpc) is 2.73. The smallest absolute Gasteiger partial charge is 0.336 e. The van der Waals surface area contributed by atoms with Crippen molar-refractivity contribution >= 4 is 16.9 Å². The molecular formula is C23H24O7. The molecule has 0 spiro atoms. The SMILES string of the molecule is COc1cc(CCC(=O)Oc2ccc3c(C)cc(=O)oc3c2C)cc(OC)c1OC. The molecule has 3 rings (SSSR count). The highest BCUT2D eigenvalue weighted by Crippen LogP contribution is 2.38. The van der Waals surface area contributed by atoms with Crippen LogP contribution in [0.5, 0.6) is 23.0 Å². The maximum absolute atomic E-state index is 12.4. The van der Waals surface area contributed by atoms with Gasteiger partial charge in [-0.1, -0.05) is 0 Å². The Morgan fingerprint density at radius 1 is 0.933 bits per heavy atom. The zero-order chi connectivity index (χ0) is 21.8. The molecule has 0 amide bonds. The zero-order valence-electron chi connectivity index (χ0n) is 17.7. The van der Waals surface area contributed by atoms with Gasteiger partial charge in [0.25, 0.3) is 0 Å². The van der Waals surface area contributed by atoms with Gasteiger partial charge in [-0.3, -0.25) is 4.79 Å². The van der Waals surface area contributed by atoms with Gasteiger partial charge in [0.1, 0.15) is 11.3 Å². The van der Waals surface area contributed by atoms with Gasteiger partial charge in [0, 0.05) is 23.4 Å². The number of carbonyl (C=O) groups excluding carboxylic acids is 1. The van der Waals surface area contributed by atoms with Gasteiger partial charge >= 0.3 is 11.6 Å². The van der Waals surface area contributed by atoms with E-state index in [2.05, 4.69) is 0 Å². The van der Waals surface area contributed by atoms with Crippen LogP contribution in [0.1, 0.15) is 23.1 Å². The minimum absolute atomic E-state index is 0.147. The lowest BCUT2D eigenvalue weighted by molar-refractivity contribution is -0.134. The standard InChI is InChI=1S/C23H24O7/c1-13-10-21(25)30-22-14(2)17(8-7-16(13)22)29-20(24)9-6-15-11-18(26-3)23(28-5)19(12-15)27-4/h7-8,10-12H,6,9H2,1-5H3. The summed E-state index contributed by atoms with van der Waals surface area (Å²) in [4.78, 5) is 24.1. The largest absolute Gasteiger partial charge is 0.493 e. The van der Waals surface area contributed by atoms with Crippen LogP contribution in [-0.2, 0) is 11.2 Å². The molecule has 0 bridgehead atoms. The quantitative estimate of drug-likeness (QED) is 0.330. The van der Waals surface area contributed by atoms with Crippen molar-refractivity contribution in [1.82, 2.24) is 0 Å². The molecule has 0 N–H and O–H groups in total. The number of hydrogen-bond acceptors (Lipinski definition) is 7. The van der Waals surface area contributed by atoms with Crippen molar-refractivity contribution < 1.29 is 28.2 Å². The van der Waals surface area contributed by atoms with E-state index in [0.29, 0.717) is 40.6 Å². The molecule has 0 saturated heterocycles. The number of ether oxygens (including phenoxy) is 4. The minimum atomic E-state index is -0.436. The summed E-state index contributed by atoms with van der Waals surface area (Å²) in [7, 11) is 4.61. The Morgan fingerprint density at radius 2 is 1.60 bits per heavy atom. The van der Waals surface area contributed by atoms with E-state index < -0.39 is 11.6 Å². The van der Waals surface area contributed by atoms with Crippen molar-refractivity contribution in [3.8, 4) is 23.0 Å². The first kappa shape index (κ1) is 21.2. The van der Waals surface area contributed by atoms with E-state index in [9.17, 15) is 9.59 Å². The summed E-state index contributed by atoms with van der Waals surface area (Å²) in [5.74, 6) is 1.51. The van der Waals surface area contributed by atoms with Gasteiger partial charge < -0.3 is 23.4 Å². The van der Waals surface area contributed by atoms with Crippen molar-refractivity contribution in [2.45, 2.75) is 26.7 Å². The lowest BCUT2D eigenvalue weighted by Gasteiger charge is -2.14. The number of esters is 1. The van der Waals surface area contributed by atoms with Crippen molar-refractivity contribution in [2.24, 2.45) is 0 Å². The summed E-state index contributed by atoms with van der Waals surface area (Å²) in [5, 5.41) is 0.810. The Balaban J connectivity index is 1.77. The van der Waals surface area contributed by atoms with Gasteiger partial charge in [-0.25, -0.2) is 4.79 Å². The summed E-state index contributed by atoms with van der Waals surface area (Å²) < 4.78 is 26.8. The summed E-state index contributed by atoms with van der Waals surface area (Å²) in [6.07, 6.45) is 0.574. The Morgan fingerprint density at radius 3 is 2.20 bits per heavy atom. The van der Waals surface area contributed by atoms with Gasteiger partial charge in [-0.05, 0) is 55.7 Å². The van der Waals surface area contributed by atoms with E-state index in [0.717, 1.165) is 16.5 Å². The van der Waals surface area contributed by atoms with Gasteiger partial charge in [0.15, 0.2) is 11.5 Å².